The normalized spacial score (nSPS) is 11.0. The van der Waals surface area contributed by atoms with Crippen LogP contribution in [0.15, 0.2) is 59.2 Å². The van der Waals surface area contributed by atoms with E-state index in [2.05, 4.69) is 15.3 Å². The van der Waals surface area contributed by atoms with Gasteiger partial charge in [0.25, 0.3) is 0 Å². The maximum atomic E-state index is 13.0. The Morgan fingerprint density at radius 3 is 2.56 bits per heavy atom. The van der Waals surface area contributed by atoms with Crippen molar-refractivity contribution in [1.29, 1.82) is 0 Å². The summed E-state index contributed by atoms with van der Waals surface area (Å²) in [6, 6.07) is 11.9. The molecule has 32 heavy (non-hydrogen) atoms. The Morgan fingerprint density at radius 1 is 1.00 bits per heavy atom. The van der Waals surface area contributed by atoms with Crippen molar-refractivity contribution >= 4 is 68.7 Å². The maximum absolute atomic E-state index is 13.0. The van der Waals surface area contributed by atoms with Crippen LogP contribution in [0, 0.1) is 5.82 Å². The van der Waals surface area contributed by atoms with E-state index in [4.69, 9.17) is 23.2 Å². The molecule has 2 heterocycles. The number of aromatic nitrogens is 2. The van der Waals surface area contributed by atoms with E-state index in [9.17, 15) is 9.18 Å². The van der Waals surface area contributed by atoms with Gasteiger partial charge < -0.3 is 5.32 Å². The average molecular weight is 524 g/mol. The molecule has 0 spiro atoms. The quantitative estimate of drug-likeness (QED) is 0.253. The SMILES string of the molecule is O=C(CSc1ncc(Cc2ccc(F)cc2)s1)Nc1ncc(Cc2cccc(Cl)c2Cl)s1. The lowest BCUT2D eigenvalue weighted by Crippen LogP contribution is -2.13. The van der Waals surface area contributed by atoms with E-state index in [0.717, 1.165) is 25.2 Å². The Balaban J connectivity index is 1.27. The molecule has 4 aromatic rings. The van der Waals surface area contributed by atoms with Gasteiger partial charge in [0.2, 0.25) is 5.91 Å². The molecule has 4 nitrogen and oxygen atoms in total. The van der Waals surface area contributed by atoms with Crippen LogP contribution in [0.4, 0.5) is 9.52 Å². The third-order valence-electron chi connectivity index (χ3n) is 4.35. The highest BCUT2D eigenvalue weighted by Crippen LogP contribution is 2.30. The monoisotopic (exact) mass is 523 g/mol. The zero-order valence-corrected chi connectivity index (χ0v) is 20.4. The molecule has 1 amide bonds. The average Bonchev–Trinajstić information content (AvgIpc) is 3.41. The van der Waals surface area contributed by atoms with Crippen molar-refractivity contribution in [1.82, 2.24) is 9.97 Å². The third-order valence-corrected chi connectivity index (χ3v) is 8.27. The first-order chi connectivity index (χ1) is 15.5. The molecule has 0 aliphatic heterocycles. The van der Waals surface area contributed by atoms with E-state index < -0.39 is 0 Å². The van der Waals surface area contributed by atoms with Crippen molar-refractivity contribution < 1.29 is 9.18 Å². The lowest BCUT2D eigenvalue weighted by atomic mass is 10.1. The van der Waals surface area contributed by atoms with Crippen LogP contribution in [0.2, 0.25) is 10.0 Å². The van der Waals surface area contributed by atoms with Gasteiger partial charge in [0.1, 0.15) is 5.82 Å². The lowest BCUT2D eigenvalue weighted by Gasteiger charge is -2.03. The highest BCUT2D eigenvalue weighted by Gasteiger charge is 2.12. The molecule has 0 bridgehead atoms. The molecule has 0 radical (unpaired) electrons. The van der Waals surface area contributed by atoms with Crippen LogP contribution in [0.25, 0.3) is 0 Å². The second-order valence-electron chi connectivity index (χ2n) is 6.75. The summed E-state index contributed by atoms with van der Waals surface area (Å²) < 4.78 is 13.8. The number of hydrogen-bond donors (Lipinski definition) is 1. The highest BCUT2D eigenvalue weighted by molar-refractivity contribution is 8.01. The number of thioether (sulfide) groups is 1. The molecular weight excluding hydrogens is 508 g/mol. The number of nitrogens with one attached hydrogen (secondary N) is 1. The lowest BCUT2D eigenvalue weighted by molar-refractivity contribution is -0.113. The Morgan fingerprint density at radius 2 is 1.75 bits per heavy atom. The van der Waals surface area contributed by atoms with Gasteiger partial charge in [0, 0.05) is 35.0 Å². The first-order valence-electron chi connectivity index (χ1n) is 9.45. The molecule has 0 saturated heterocycles. The van der Waals surface area contributed by atoms with Gasteiger partial charge in [-0.1, -0.05) is 59.2 Å². The van der Waals surface area contributed by atoms with E-state index in [1.165, 1.54) is 46.6 Å². The first kappa shape index (κ1) is 23.2. The predicted octanol–water partition coefficient (Wildman–Crippen LogP) is 6.96. The molecule has 0 saturated carbocycles. The van der Waals surface area contributed by atoms with Gasteiger partial charge in [0.15, 0.2) is 9.47 Å². The van der Waals surface area contributed by atoms with Crippen molar-refractivity contribution in [3.63, 3.8) is 0 Å². The number of amides is 1. The van der Waals surface area contributed by atoms with Crippen molar-refractivity contribution in [3.05, 3.63) is 91.6 Å². The van der Waals surface area contributed by atoms with Gasteiger partial charge in [-0.15, -0.1) is 22.7 Å². The van der Waals surface area contributed by atoms with Crippen molar-refractivity contribution in [2.24, 2.45) is 0 Å². The summed E-state index contributed by atoms with van der Waals surface area (Å²) in [6.45, 7) is 0. The third kappa shape index (κ3) is 6.30. The van der Waals surface area contributed by atoms with E-state index in [1.54, 1.807) is 30.6 Å². The highest BCUT2D eigenvalue weighted by atomic mass is 35.5. The minimum atomic E-state index is -0.249. The molecule has 2 aromatic carbocycles. The zero-order chi connectivity index (χ0) is 22.5. The Hall–Kier alpha value is -1.97. The van der Waals surface area contributed by atoms with Crippen molar-refractivity contribution in [3.8, 4) is 0 Å². The molecular formula is C22H16Cl2FN3OS3. The van der Waals surface area contributed by atoms with Gasteiger partial charge in [-0.2, -0.15) is 0 Å². The number of thiazole rings is 2. The zero-order valence-electron chi connectivity index (χ0n) is 16.5. The number of hydrogen-bond acceptors (Lipinski definition) is 6. The Bertz CT molecular complexity index is 1230. The van der Waals surface area contributed by atoms with Crippen LogP contribution in [0.3, 0.4) is 0 Å². The standard InChI is InChI=1S/C22H16Cl2FN3OS3/c23-18-3-1-2-14(20(18)24)9-17-10-26-21(31-17)28-19(29)12-30-22-27-11-16(32-22)8-13-4-6-15(25)7-5-13/h1-7,10-11H,8-9,12H2,(H,26,28,29). The van der Waals surface area contributed by atoms with Gasteiger partial charge in [-0.3, -0.25) is 4.79 Å². The summed E-state index contributed by atoms with van der Waals surface area (Å²) in [6.07, 6.45) is 4.80. The summed E-state index contributed by atoms with van der Waals surface area (Å²) >= 11 is 16.6. The topological polar surface area (TPSA) is 54.9 Å². The second-order valence-corrected chi connectivity index (χ2v) is 11.0. The number of halogens is 3. The number of anilines is 1. The van der Waals surface area contributed by atoms with Crippen molar-refractivity contribution in [2.75, 3.05) is 11.1 Å². The number of carbonyl (C=O) groups is 1. The van der Waals surface area contributed by atoms with E-state index in [-0.39, 0.29) is 17.5 Å². The second kappa shape index (κ2) is 10.8. The van der Waals surface area contributed by atoms with Gasteiger partial charge in [-0.25, -0.2) is 14.4 Å². The van der Waals surface area contributed by atoms with Crippen LogP contribution in [0.1, 0.15) is 20.9 Å². The van der Waals surface area contributed by atoms with Crippen LogP contribution in [-0.2, 0) is 17.6 Å². The van der Waals surface area contributed by atoms with E-state index >= 15 is 0 Å². The van der Waals surface area contributed by atoms with E-state index in [0.29, 0.717) is 28.0 Å². The number of benzene rings is 2. The number of nitrogens with zero attached hydrogens (tertiary/aromatic N) is 2. The molecule has 10 heteroatoms. The van der Waals surface area contributed by atoms with E-state index in [1.807, 2.05) is 12.1 Å². The fraction of sp³-hybridized carbons (Fsp3) is 0.136. The smallest absolute Gasteiger partial charge is 0.236 e. The summed E-state index contributed by atoms with van der Waals surface area (Å²) in [5.74, 6) is -0.161. The predicted molar refractivity (Wildman–Crippen MR) is 132 cm³/mol. The summed E-state index contributed by atoms with van der Waals surface area (Å²) in [7, 11) is 0. The summed E-state index contributed by atoms with van der Waals surface area (Å²) in [4.78, 5) is 23.0. The molecule has 2 aromatic heterocycles. The van der Waals surface area contributed by atoms with Crippen LogP contribution in [0.5, 0.6) is 0 Å². The Kier molecular flexibility index (Phi) is 7.80. The first-order valence-corrected chi connectivity index (χ1v) is 12.8. The van der Waals surface area contributed by atoms with Crippen LogP contribution in [-0.4, -0.2) is 21.6 Å². The maximum Gasteiger partial charge on any atom is 0.236 e. The number of carbonyl (C=O) groups excluding carboxylic acids is 1. The molecule has 0 fully saturated rings. The Labute approximate surface area is 206 Å². The minimum Gasteiger partial charge on any atom is -0.301 e. The molecule has 1 N–H and O–H groups in total. The largest absolute Gasteiger partial charge is 0.301 e. The molecule has 0 unspecified atom stereocenters. The van der Waals surface area contributed by atoms with Crippen molar-refractivity contribution in [2.45, 2.75) is 17.2 Å². The summed E-state index contributed by atoms with van der Waals surface area (Å²) in [5, 5.41) is 4.42. The van der Waals surface area contributed by atoms with Gasteiger partial charge >= 0.3 is 0 Å². The van der Waals surface area contributed by atoms with Gasteiger partial charge in [-0.05, 0) is 29.3 Å². The van der Waals surface area contributed by atoms with Gasteiger partial charge in [0.05, 0.1) is 15.8 Å². The fourth-order valence-electron chi connectivity index (χ4n) is 2.84. The number of rotatable bonds is 8. The molecule has 164 valence electrons. The fourth-order valence-corrected chi connectivity index (χ4v) is 5.94. The summed E-state index contributed by atoms with van der Waals surface area (Å²) in [5.41, 5.74) is 1.93. The molecule has 0 aliphatic carbocycles. The van der Waals surface area contributed by atoms with Crippen LogP contribution < -0.4 is 5.32 Å². The minimum absolute atomic E-state index is 0.146. The molecule has 4 rings (SSSR count). The molecule has 0 atom stereocenters. The molecule has 0 aliphatic rings. The van der Waals surface area contributed by atoms with Crippen LogP contribution >= 0.6 is 57.6 Å².